The molecule has 0 spiro atoms. The maximum atomic E-state index is 12.9. The molecule has 140 valence electrons. The number of anilines is 1. The van der Waals surface area contributed by atoms with Gasteiger partial charge in [-0.05, 0) is 44.2 Å². The molecule has 0 radical (unpaired) electrons. The second-order valence-electron chi connectivity index (χ2n) is 7.28. The Morgan fingerprint density at radius 3 is 3.04 bits per heavy atom. The minimum absolute atomic E-state index is 0.0555. The van der Waals surface area contributed by atoms with E-state index in [0.717, 1.165) is 23.9 Å². The van der Waals surface area contributed by atoms with Crippen LogP contribution in [0.4, 0.5) is 5.82 Å². The van der Waals surface area contributed by atoms with Gasteiger partial charge in [0.1, 0.15) is 17.3 Å². The van der Waals surface area contributed by atoms with Gasteiger partial charge >= 0.3 is 0 Å². The number of aromatic nitrogens is 3. The molecular weight excluding hydrogens is 340 g/mol. The first-order valence-corrected chi connectivity index (χ1v) is 9.16. The number of amides is 1. The first-order chi connectivity index (χ1) is 13.0. The van der Waals surface area contributed by atoms with E-state index in [1.54, 1.807) is 12.3 Å². The third kappa shape index (κ3) is 3.64. The van der Waals surface area contributed by atoms with E-state index in [4.69, 9.17) is 5.73 Å². The van der Waals surface area contributed by atoms with E-state index in [0.29, 0.717) is 30.4 Å². The molecule has 1 atom stereocenters. The van der Waals surface area contributed by atoms with Crippen LogP contribution in [0.2, 0.25) is 0 Å². The fourth-order valence-corrected chi connectivity index (χ4v) is 3.66. The molecule has 0 bridgehead atoms. The van der Waals surface area contributed by atoms with Crippen LogP contribution in [0.1, 0.15) is 28.3 Å². The van der Waals surface area contributed by atoms with E-state index in [1.165, 1.54) is 5.56 Å². The van der Waals surface area contributed by atoms with Crippen LogP contribution in [0.25, 0.3) is 10.9 Å². The van der Waals surface area contributed by atoms with Gasteiger partial charge in [0, 0.05) is 36.2 Å². The molecule has 4 rings (SSSR count). The summed E-state index contributed by atoms with van der Waals surface area (Å²) < 4.78 is 0. The lowest BCUT2D eigenvalue weighted by Gasteiger charge is -2.23. The molecule has 1 fully saturated rings. The molecule has 0 aliphatic carbocycles. The fraction of sp³-hybridized carbons (Fsp3) is 0.350. The number of hydrogen-bond acceptors (Lipinski definition) is 5. The zero-order valence-corrected chi connectivity index (χ0v) is 15.6. The van der Waals surface area contributed by atoms with Gasteiger partial charge in [-0.25, -0.2) is 9.97 Å². The summed E-state index contributed by atoms with van der Waals surface area (Å²) in [5.74, 6) is 1.24. The molecule has 1 amide bonds. The highest BCUT2D eigenvalue weighted by Crippen LogP contribution is 2.21. The number of likely N-dealkylation sites (N-methyl/N-ethyl adjacent to an activating group) is 1. The van der Waals surface area contributed by atoms with Crippen LogP contribution in [0.5, 0.6) is 0 Å². The molecule has 0 unspecified atom stereocenters. The number of fused-ring (bicyclic) bond motifs is 1. The summed E-state index contributed by atoms with van der Waals surface area (Å²) in [6, 6.07) is 10.1. The number of likely N-dealkylation sites (tertiary alicyclic amines) is 1. The highest BCUT2D eigenvalue weighted by Gasteiger charge is 2.30. The maximum Gasteiger partial charge on any atom is 0.270 e. The number of carbonyl (C=O) groups excluding carboxylic acids is 1. The van der Waals surface area contributed by atoms with Crippen molar-refractivity contribution in [2.24, 2.45) is 0 Å². The second kappa shape index (κ2) is 7.00. The Bertz CT molecular complexity index is 982. The minimum Gasteiger partial charge on any atom is -0.384 e. The average molecular weight is 364 g/mol. The first kappa shape index (κ1) is 17.5. The third-order valence-corrected chi connectivity index (χ3v) is 5.20. The first-order valence-electron chi connectivity index (χ1n) is 9.16. The number of hydrogen-bond donors (Lipinski definition) is 2. The molecular formula is C20H24N6O. The number of benzene rings is 1. The summed E-state index contributed by atoms with van der Waals surface area (Å²) in [5, 5.41) is 1.07. The molecule has 1 aliphatic rings. The minimum atomic E-state index is 0.0555. The molecule has 2 aromatic heterocycles. The number of aromatic amines is 1. The van der Waals surface area contributed by atoms with Gasteiger partial charge in [-0.2, -0.15) is 0 Å². The zero-order valence-electron chi connectivity index (χ0n) is 15.6. The predicted molar refractivity (Wildman–Crippen MR) is 105 cm³/mol. The molecule has 1 aromatic carbocycles. The Labute approximate surface area is 158 Å². The Kier molecular flexibility index (Phi) is 4.53. The SMILES string of the molecule is Cc1ccc2cc(C(=O)N3CC[C@@H](N(C)Cc4nccc(N)n4)C3)[nH]c2c1. The lowest BCUT2D eigenvalue weighted by Crippen LogP contribution is -2.36. The summed E-state index contributed by atoms with van der Waals surface area (Å²) in [5.41, 5.74) is 8.56. The highest BCUT2D eigenvalue weighted by molar-refractivity contribution is 5.98. The number of nitrogen functional groups attached to an aromatic ring is 1. The standard InChI is InChI=1S/C20H24N6O/c1-13-3-4-14-10-17(23-16(14)9-13)20(27)26-8-6-15(11-26)25(2)12-19-22-7-5-18(21)24-19/h3-5,7,9-10,15,23H,6,8,11-12H2,1-2H3,(H2,21,22,24)/t15-/m1/s1. The van der Waals surface area contributed by atoms with E-state index in [1.807, 2.05) is 31.0 Å². The van der Waals surface area contributed by atoms with Crippen molar-refractivity contribution in [2.45, 2.75) is 25.9 Å². The summed E-state index contributed by atoms with van der Waals surface area (Å²) in [6.07, 6.45) is 2.61. The van der Waals surface area contributed by atoms with Crippen LogP contribution in [0, 0.1) is 6.92 Å². The third-order valence-electron chi connectivity index (χ3n) is 5.20. The van der Waals surface area contributed by atoms with E-state index >= 15 is 0 Å². The van der Waals surface area contributed by atoms with Crippen LogP contribution in [0.15, 0.2) is 36.5 Å². The summed E-state index contributed by atoms with van der Waals surface area (Å²) in [7, 11) is 2.04. The van der Waals surface area contributed by atoms with Crippen LogP contribution >= 0.6 is 0 Å². The number of nitrogens with two attached hydrogens (primary N) is 1. The summed E-state index contributed by atoms with van der Waals surface area (Å²) >= 11 is 0. The smallest absolute Gasteiger partial charge is 0.270 e. The van der Waals surface area contributed by atoms with Gasteiger partial charge in [0.25, 0.3) is 5.91 Å². The molecule has 0 saturated carbocycles. The second-order valence-corrected chi connectivity index (χ2v) is 7.28. The maximum absolute atomic E-state index is 12.9. The van der Waals surface area contributed by atoms with E-state index in [-0.39, 0.29) is 11.9 Å². The van der Waals surface area contributed by atoms with Gasteiger partial charge < -0.3 is 15.6 Å². The normalized spacial score (nSPS) is 17.1. The van der Waals surface area contributed by atoms with E-state index < -0.39 is 0 Å². The van der Waals surface area contributed by atoms with E-state index in [2.05, 4.69) is 32.0 Å². The Hall–Kier alpha value is -2.93. The van der Waals surface area contributed by atoms with Crippen molar-refractivity contribution in [1.82, 2.24) is 24.8 Å². The Morgan fingerprint density at radius 2 is 2.22 bits per heavy atom. The van der Waals surface area contributed by atoms with Crippen LogP contribution in [-0.4, -0.2) is 56.8 Å². The Balaban J connectivity index is 1.42. The van der Waals surface area contributed by atoms with Gasteiger partial charge in [0.2, 0.25) is 0 Å². The highest BCUT2D eigenvalue weighted by atomic mass is 16.2. The molecule has 7 heteroatoms. The van der Waals surface area contributed by atoms with Gasteiger partial charge in [0.15, 0.2) is 0 Å². The molecule has 27 heavy (non-hydrogen) atoms. The largest absolute Gasteiger partial charge is 0.384 e. The quantitative estimate of drug-likeness (QED) is 0.740. The number of aryl methyl sites for hydroxylation is 1. The monoisotopic (exact) mass is 364 g/mol. The lowest BCUT2D eigenvalue weighted by atomic mass is 10.2. The molecule has 1 aliphatic heterocycles. The molecule has 3 heterocycles. The van der Waals surface area contributed by atoms with Crippen LogP contribution in [0.3, 0.4) is 0 Å². The average Bonchev–Trinajstić information content (AvgIpc) is 3.28. The number of rotatable bonds is 4. The molecule has 3 N–H and O–H groups in total. The van der Waals surface area contributed by atoms with Crippen molar-refractivity contribution in [1.29, 1.82) is 0 Å². The molecule has 1 saturated heterocycles. The van der Waals surface area contributed by atoms with E-state index in [9.17, 15) is 4.79 Å². The van der Waals surface area contributed by atoms with Crippen molar-refractivity contribution in [3.63, 3.8) is 0 Å². The van der Waals surface area contributed by atoms with Gasteiger partial charge in [-0.15, -0.1) is 0 Å². The number of carbonyl (C=O) groups is 1. The van der Waals surface area contributed by atoms with Crippen molar-refractivity contribution in [3.05, 3.63) is 53.6 Å². The number of nitrogens with one attached hydrogen (secondary N) is 1. The number of H-pyrrole nitrogens is 1. The van der Waals surface area contributed by atoms with Gasteiger partial charge in [-0.1, -0.05) is 12.1 Å². The topological polar surface area (TPSA) is 91.1 Å². The fourth-order valence-electron chi connectivity index (χ4n) is 3.66. The number of nitrogens with zero attached hydrogens (tertiary/aromatic N) is 4. The molecule has 7 nitrogen and oxygen atoms in total. The predicted octanol–water partition coefficient (Wildman–Crippen LogP) is 2.20. The van der Waals surface area contributed by atoms with Crippen LogP contribution < -0.4 is 5.73 Å². The van der Waals surface area contributed by atoms with Crippen LogP contribution in [-0.2, 0) is 6.54 Å². The summed E-state index contributed by atoms with van der Waals surface area (Å²) in [4.78, 5) is 28.8. The van der Waals surface area contributed by atoms with Crippen molar-refractivity contribution in [2.75, 3.05) is 25.9 Å². The van der Waals surface area contributed by atoms with Gasteiger partial charge in [0.05, 0.1) is 6.54 Å². The van der Waals surface area contributed by atoms with Crippen molar-refractivity contribution < 1.29 is 4.79 Å². The Morgan fingerprint density at radius 1 is 1.37 bits per heavy atom. The lowest BCUT2D eigenvalue weighted by molar-refractivity contribution is 0.0774. The van der Waals surface area contributed by atoms with Crippen molar-refractivity contribution in [3.8, 4) is 0 Å². The molecule has 3 aromatic rings. The zero-order chi connectivity index (χ0) is 19.0. The van der Waals surface area contributed by atoms with Crippen molar-refractivity contribution >= 4 is 22.6 Å². The van der Waals surface area contributed by atoms with Gasteiger partial charge in [-0.3, -0.25) is 9.69 Å². The summed E-state index contributed by atoms with van der Waals surface area (Å²) in [6.45, 7) is 4.11.